The molecule has 0 aliphatic rings. The summed E-state index contributed by atoms with van der Waals surface area (Å²) >= 11 is 0. The number of Topliss-reactive ketones (excluding diaryl/α,β-unsaturated/α-hetero) is 1. The van der Waals surface area contributed by atoms with Gasteiger partial charge in [0.15, 0.2) is 12.4 Å². The van der Waals surface area contributed by atoms with E-state index in [9.17, 15) is 9.59 Å². The van der Waals surface area contributed by atoms with E-state index in [0.717, 1.165) is 16.9 Å². The van der Waals surface area contributed by atoms with Crippen LogP contribution in [-0.4, -0.2) is 28.1 Å². The molecule has 0 spiro atoms. The second-order valence-electron chi connectivity index (χ2n) is 8.24. The molecule has 6 nitrogen and oxygen atoms in total. The van der Waals surface area contributed by atoms with E-state index in [1.807, 2.05) is 37.3 Å². The third-order valence-electron chi connectivity index (χ3n) is 4.72. The maximum Gasteiger partial charge on any atom is 0.263 e. The second kappa shape index (κ2) is 8.53. The molecule has 1 aromatic heterocycles. The minimum absolute atomic E-state index is 0.0152. The van der Waals surface area contributed by atoms with Crippen LogP contribution in [0.3, 0.4) is 0 Å². The Labute approximate surface area is 176 Å². The van der Waals surface area contributed by atoms with Crippen LogP contribution in [0.25, 0.3) is 5.69 Å². The van der Waals surface area contributed by atoms with E-state index in [1.165, 1.54) is 6.92 Å². The normalized spacial score (nSPS) is 11.2. The molecule has 1 N–H and O–H groups in total. The quantitative estimate of drug-likeness (QED) is 0.604. The van der Waals surface area contributed by atoms with Crippen LogP contribution in [0.15, 0.2) is 54.6 Å². The predicted molar refractivity (Wildman–Crippen MR) is 118 cm³/mol. The van der Waals surface area contributed by atoms with Gasteiger partial charge >= 0.3 is 0 Å². The Balaban J connectivity index is 1.80. The lowest BCUT2D eigenvalue weighted by molar-refractivity contribution is -0.118. The molecule has 1 amide bonds. The van der Waals surface area contributed by atoms with Crippen molar-refractivity contribution in [3.8, 4) is 11.4 Å². The van der Waals surface area contributed by atoms with Crippen molar-refractivity contribution in [3.63, 3.8) is 0 Å². The number of nitrogens with zero attached hydrogens (tertiary/aromatic N) is 2. The number of nitrogens with one attached hydrogen (secondary N) is 1. The number of carbonyl (C=O) groups is 2. The summed E-state index contributed by atoms with van der Waals surface area (Å²) in [5, 5.41) is 7.73. The van der Waals surface area contributed by atoms with Crippen molar-refractivity contribution >= 4 is 17.5 Å². The molecule has 1 heterocycles. The third-order valence-corrected chi connectivity index (χ3v) is 4.72. The van der Waals surface area contributed by atoms with Gasteiger partial charge in [-0.2, -0.15) is 5.10 Å². The molecule has 2 aromatic carbocycles. The fourth-order valence-electron chi connectivity index (χ4n) is 3.21. The van der Waals surface area contributed by atoms with Crippen molar-refractivity contribution < 1.29 is 14.3 Å². The van der Waals surface area contributed by atoms with Crippen LogP contribution >= 0.6 is 0 Å². The molecule has 0 fully saturated rings. The van der Waals surface area contributed by atoms with E-state index in [2.05, 4.69) is 26.1 Å². The average molecular weight is 405 g/mol. The molecule has 0 bridgehead atoms. The van der Waals surface area contributed by atoms with Crippen molar-refractivity contribution in [1.29, 1.82) is 0 Å². The summed E-state index contributed by atoms with van der Waals surface area (Å²) in [4.78, 5) is 24.0. The van der Waals surface area contributed by atoms with Crippen molar-refractivity contribution in [3.05, 3.63) is 71.4 Å². The van der Waals surface area contributed by atoms with Gasteiger partial charge in [-0.1, -0.05) is 39.0 Å². The number of hydrogen-bond acceptors (Lipinski definition) is 4. The highest BCUT2D eigenvalue weighted by atomic mass is 16.5. The first kappa shape index (κ1) is 21.3. The first-order valence-electron chi connectivity index (χ1n) is 9.86. The van der Waals surface area contributed by atoms with Gasteiger partial charge in [-0.3, -0.25) is 9.59 Å². The Kier molecular flexibility index (Phi) is 6.06. The van der Waals surface area contributed by atoms with E-state index in [4.69, 9.17) is 9.84 Å². The lowest BCUT2D eigenvalue weighted by atomic mass is 9.90. The fraction of sp³-hybridized carbons (Fsp3) is 0.292. The van der Waals surface area contributed by atoms with E-state index in [1.54, 1.807) is 28.9 Å². The van der Waals surface area contributed by atoms with E-state index >= 15 is 0 Å². The van der Waals surface area contributed by atoms with Crippen LogP contribution in [0.4, 0.5) is 5.82 Å². The summed E-state index contributed by atoms with van der Waals surface area (Å²) in [6.07, 6.45) is 0. The summed E-state index contributed by atoms with van der Waals surface area (Å²) < 4.78 is 7.34. The second-order valence-corrected chi connectivity index (χ2v) is 8.24. The first-order chi connectivity index (χ1) is 14.2. The molecule has 0 aliphatic heterocycles. The lowest BCUT2D eigenvalue weighted by Crippen LogP contribution is -2.22. The van der Waals surface area contributed by atoms with Gasteiger partial charge in [0.2, 0.25) is 0 Å². The summed E-state index contributed by atoms with van der Waals surface area (Å²) in [6, 6.07) is 16.4. The summed E-state index contributed by atoms with van der Waals surface area (Å²) in [6.45, 7) is 9.60. The zero-order valence-corrected chi connectivity index (χ0v) is 18.0. The van der Waals surface area contributed by atoms with Crippen molar-refractivity contribution in [2.45, 2.75) is 40.0 Å². The number of aromatic nitrogens is 2. The van der Waals surface area contributed by atoms with Crippen molar-refractivity contribution in [2.75, 3.05) is 11.9 Å². The molecule has 156 valence electrons. The summed E-state index contributed by atoms with van der Waals surface area (Å²) in [5.74, 6) is 0.857. The van der Waals surface area contributed by atoms with Crippen LogP contribution < -0.4 is 10.1 Å². The van der Waals surface area contributed by atoms with Crippen LogP contribution in [0, 0.1) is 6.92 Å². The predicted octanol–water partition coefficient (Wildman–Crippen LogP) is 4.70. The highest BCUT2D eigenvalue weighted by Crippen LogP contribution is 2.31. The summed E-state index contributed by atoms with van der Waals surface area (Å²) in [5.41, 5.74) is 3.14. The molecule has 0 saturated heterocycles. The number of benzene rings is 2. The standard InChI is InChI=1S/C24H27N3O3/c1-16-22(24(3,4)5)26-27(19-9-7-6-8-10-19)23(16)25-21(29)15-30-20-13-11-18(12-14-20)17(2)28/h6-14H,15H2,1-5H3,(H,25,29). The molecule has 3 rings (SSSR count). The molecular weight excluding hydrogens is 378 g/mol. The molecule has 0 atom stereocenters. The molecule has 0 saturated carbocycles. The van der Waals surface area contributed by atoms with E-state index in [-0.39, 0.29) is 23.7 Å². The molecular formula is C24H27N3O3. The smallest absolute Gasteiger partial charge is 0.263 e. The topological polar surface area (TPSA) is 73.2 Å². The average Bonchev–Trinajstić information content (AvgIpc) is 3.04. The lowest BCUT2D eigenvalue weighted by Gasteiger charge is -2.16. The van der Waals surface area contributed by atoms with Gasteiger partial charge in [-0.15, -0.1) is 0 Å². The summed E-state index contributed by atoms with van der Waals surface area (Å²) in [7, 11) is 0. The molecule has 0 aliphatic carbocycles. The van der Waals surface area contributed by atoms with Crippen LogP contribution in [0.1, 0.15) is 49.3 Å². The van der Waals surface area contributed by atoms with Crippen LogP contribution in [0.5, 0.6) is 5.75 Å². The Hall–Kier alpha value is -3.41. The van der Waals surface area contributed by atoms with Gasteiger partial charge in [-0.25, -0.2) is 4.68 Å². The van der Waals surface area contributed by atoms with Gasteiger partial charge in [-0.05, 0) is 50.2 Å². The molecule has 0 unspecified atom stereocenters. The first-order valence-corrected chi connectivity index (χ1v) is 9.86. The number of ketones is 1. The van der Waals surface area contributed by atoms with Crippen molar-refractivity contribution in [2.24, 2.45) is 0 Å². The molecule has 0 radical (unpaired) electrons. The number of rotatable bonds is 6. The Morgan fingerprint density at radius 3 is 2.23 bits per heavy atom. The number of ether oxygens (including phenoxy) is 1. The van der Waals surface area contributed by atoms with Crippen LogP contribution in [-0.2, 0) is 10.2 Å². The van der Waals surface area contributed by atoms with Gasteiger partial charge < -0.3 is 10.1 Å². The minimum Gasteiger partial charge on any atom is -0.484 e. The largest absolute Gasteiger partial charge is 0.484 e. The Morgan fingerprint density at radius 1 is 1.03 bits per heavy atom. The van der Waals surface area contributed by atoms with Gasteiger partial charge in [0, 0.05) is 16.5 Å². The number of anilines is 1. The Bertz CT molecular complexity index is 1050. The maximum atomic E-state index is 12.6. The molecule has 3 aromatic rings. The highest BCUT2D eigenvalue weighted by Gasteiger charge is 2.26. The number of amides is 1. The minimum atomic E-state index is -0.286. The Morgan fingerprint density at radius 2 is 1.67 bits per heavy atom. The third kappa shape index (κ3) is 4.76. The fourth-order valence-corrected chi connectivity index (χ4v) is 3.21. The van der Waals surface area contributed by atoms with Gasteiger partial charge in [0.05, 0.1) is 11.4 Å². The highest BCUT2D eigenvalue weighted by molar-refractivity contribution is 5.94. The number of carbonyl (C=O) groups excluding carboxylic acids is 2. The van der Waals surface area contributed by atoms with Crippen molar-refractivity contribution in [1.82, 2.24) is 9.78 Å². The van der Waals surface area contributed by atoms with E-state index in [0.29, 0.717) is 17.1 Å². The maximum absolute atomic E-state index is 12.6. The molecule has 30 heavy (non-hydrogen) atoms. The molecule has 6 heteroatoms. The monoisotopic (exact) mass is 405 g/mol. The zero-order chi connectivity index (χ0) is 21.9. The van der Waals surface area contributed by atoms with Gasteiger partial charge in [0.1, 0.15) is 11.6 Å². The van der Waals surface area contributed by atoms with Crippen LogP contribution in [0.2, 0.25) is 0 Å². The van der Waals surface area contributed by atoms with Gasteiger partial charge in [0.25, 0.3) is 5.91 Å². The number of hydrogen-bond donors (Lipinski definition) is 1. The van der Waals surface area contributed by atoms with E-state index < -0.39 is 0 Å². The zero-order valence-electron chi connectivity index (χ0n) is 18.0. The SMILES string of the molecule is CC(=O)c1ccc(OCC(=O)Nc2c(C)c(C(C)(C)C)nn2-c2ccccc2)cc1. The number of para-hydroxylation sites is 1.